The molecule has 0 aliphatic carbocycles. The Kier molecular flexibility index (Phi) is 3.86. The Labute approximate surface area is 124 Å². The van der Waals surface area contributed by atoms with Crippen LogP contribution in [-0.2, 0) is 6.54 Å². The largest absolute Gasteiger partial charge is 0.504 e. The predicted octanol–water partition coefficient (Wildman–Crippen LogP) is 3.31. The molecule has 3 N–H and O–H groups in total. The molecule has 0 amide bonds. The van der Waals surface area contributed by atoms with Crippen molar-refractivity contribution < 1.29 is 10.2 Å². The van der Waals surface area contributed by atoms with Crippen molar-refractivity contribution in [3.63, 3.8) is 0 Å². The zero-order valence-electron chi connectivity index (χ0n) is 11.9. The normalized spacial score (nSPS) is 14.4. The number of hydrogen-bond acceptors (Lipinski definition) is 4. The Morgan fingerprint density at radius 3 is 2.52 bits per heavy atom. The fraction of sp³-hybridized carbons (Fsp3) is 0.294. The van der Waals surface area contributed by atoms with E-state index in [4.69, 9.17) is 0 Å². The lowest BCUT2D eigenvalue weighted by Gasteiger charge is -2.22. The second kappa shape index (κ2) is 5.95. The molecule has 21 heavy (non-hydrogen) atoms. The smallest absolute Gasteiger partial charge is 0.162 e. The Hall–Kier alpha value is -2.36. The molecule has 2 aromatic carbocycles. The van der Waals surface area contributed by atoms with Crippen LogP contribution in [-0.4, -0.2) is 23.3 Å². The van der Waals surface area contributed by atoms with E-state index in [1.54, 1.807) is 12.1 Å². The summed E-state index contributed by atoms with van der Waals surface area (Å²) in [5.41, 5.74) is 2.95. The van der Waals surface area contributed by atoms with Crippen molar-refractivity contribution in [2.75, 3.05) is 23.3 Å². The van der Waals surface area contributed by atoms with E-state index < -0.39 is 0 Å². The minimum absolute atomic E-state index is 0.0522. The number of para-hydroxylation sites is 3. The van der Waals surface area contributed by atoms with Crippen LogP contribution in [0.3, 0.4) is 0 Å². The summed E-state index contributed by atoms with van der Waals surface area (Å²) in [7, 11) is 0. The topological polar surface area (TPSA) is 55.7 Å². The molecule has 110 valence electrons. The lowest BCUT2D eigenvalue weighted by atomic mass is 10.1. The Bertz CT molecular complexity index is 622. The molecule has 1 aliphatic rings. The second-order valence-electron chi connectivity index (χ2n) is 5.35. The molecule has 0 saturated carbocycles. The van der Waals surface area contributed by atoms with Gasteiger partial charge in [0.05, 0.1) is 11.4 Å². The molecule has 4 heteroatoms. The Balaban J connectivity index is 1.77. The maximum Gasteiger partial charge on any atom is 0.162 e. The van der Waals surface area contributed by atoms with Gasteiger partial charge in [-0.1, -0.05) is 24.3 Å². The SMILES string of the molecule is Oc1cccc(CNc2ccccc2N2CCCC2)c1O. The van der Waals surface area contributed by atoms with Gasteiger partial charge in [-0.25, -0.2) is 0 Å². The number of nitrogens with one attached hydrogen (secondary N) is 1. The Morgan fingerprint density at radius 1 is 0.952 bits per heavy atom. The lowest BCUT2D eigenvalue weighted by Crippen LogP contribution is -2.19. The zero-order chi connectivity index (χ0) is 14.7. The first-order valence-electron chi connectivity index (χ1n) is 7.33. The molecule has 0 bridgehead atoms. The number of aromatic hydroxyl groups is 2. The average Bonchev–Trinajstić information content (AvgIpc) is 3.03. The highest BCUT2D eigenvalue weighted by molar-refractivity contribution is 5.70. The predicted molar refractivity (Wildman–Crippen MR) is 85.0 cm³/mol. The van der Waals surface area contributed by atoms with Gasteiger partial charge in [0.2, 0.25) is 0 Å². The molecule has 0 spiro atoms. The molecule has 3 rings (SSSR count). The van der Waals surface area contributed by atoms with Gasteiger partial charge in [0.25, 0.3) is 0 Å². The maximum atomic E-state index is 9.86. The van der Waals surface area contributed by atoms with Gasteiger partial charge in [-0.2, -0.15) is 0 Å². The number of nitrogens with zero attached hydrogens (tertiary/aromatic N) is 1. The van der Waals surface area contributed by atoms with Crippen LogP contribution in [0.5, 0.6) is 11.5 Å². The summed E-state index contributed by atoms with van der Waals surface area (Å²) in [5.74, 6) is -0.134. The van der Waals surface area contributed by atoms with Gasteiger partial charge in [0.1, 0.15) is 0 Å². The fourth-order valence-corrected chi connectivity index (χ4v) is 2.77. The van der Waals surface area contributed by atoms with E-state index in [9.17, 15) is 10.2 Å². The minimum Gasteiger partial charge on any atom is -0.504 e. The van der Waals surface area contributed by atoms with Crippen molar-refractivity contribution in [2.45, 2.75) is 19.4 Å². The summed E-state index contributed by atoms with van der Waals surface area (Å²) in [4.78, 5) is 2.38. The second-order valence-corrected chi connectivity index (χ2v) is 5.35. The van der Waals surface area contributed by atoms with Crippen LogP contribution in [0.1, 0.15) is 18.4 Å². The van der Waals surface area contributed by atoms with Crippen molar-refractivity contribution in [1.82, 2.24) is 0 Å². The van der Waals surface area contributed by atoms with E-state index in [0.29, 0.717) is 12.1 Å². The summed E-state index contributed by atoms with van der Waals surface area (Å²) in [6.45, 7) is 2.66. The summed E-state index contributed by atoms with van der Waals surface area (Å²) >= 11 is 0. The van der Waals surface area contributed by atoms with Gasteiger partial charge in [-0.05, 0) is 31.0 Å². The van der Waals surface area contributed by atoms with Gasteiger partial charge < -0.3 is 20.4 Å². The standard InChI is InChI=1S/C17H20N2O2/c20-16-9-5-6-13(17(16)21)12-18-14-7-1-2-8-15(14)19-10-3-4-11-19/h1-2,5-9,18,20-21H,3-4,10-12H2. The van der Waals surface area contributed by atoms with E-state index in [2.05, 4.69) is 16.3 Å². The molecule has 1 aliphatic heterocycles. The maximum absolute atomic E-state index is 9.86. The molecular weight excluding hydrogens is 264 g/mol. The first-order valence-corrected chi connectivity index (χ1v) is 7.33. The molecule has 1 fully saturated rings. The van der Waals surface area contributed by atoms with Crippen LogP contribution in [0.25, 0.3) is 0 Å². The quantitative estimate of drug-likeness (QED) is 0.754. The third-order valence-electron chi connectivity index (χ3n) is 3.92. The molecule has 1 heterocycles. The lowest BCUT2D eigenvalue weighted by molar-refractivity contribution is 0.400. The van der Waals surface area contributed by atoms with Crippen molar-refractivity contribution in [2.24, 2.45) is 0 Å². The third kappa shape index (κ3) is 2.89. The van der Waals surface area contributed by atoms with Crippen LogP contribution in [0.2, 0.25) is 0 Å². The van der Waals surface area contributed by atoms with E-state index >= 15 is 0 Å². The van der Waals surface area contributed by atoms with Crippen LogP contribution >= 0.6 is 0 Å². The zero-order valence-corrected chi connectivity index (χ0v) is 11.9. The monoisotopic (exact) mass is 284 g/mol. The van der Waals surface area contributed by atoms with Gasteiger partial charge in [-0.3, -0.25) is 0 Å². The number of phenolic OH excluding ortho intramolecular Hbond substituents is 2. The molecule has 0 aromatic heterocycles. The van der Waals surface area contributed by atoms with Gasteiger partial charge in [0.15, 0.2) is 11.5 Å². The Morgan fingerprint density at radius 2 is 1.71 bits per heavy atom. The summed E-state index contributed by atoms with van der Waals surface area (Å²) in [6, 6.07) is 13.2. The van der Waals surface area contributed by atoms with Crippen LogP contribution < -0.4 is 10.2 Å². The average molecular weight is 284 g/mol. The van der Waals surface area contributed by atoms with E-state index in [1.165, 1.54) is 24.6 Å². The highest BCUT2D eigenvalue weighted by Crippen LogP contribution is 2.31. The number of benzene rings is 2. The van der Waals surface area contributed by atoms with E-state index in [1.807, 2.05) is 18.2 Å². The summed E-state index contributed by atoms with van der Waals surface area (Å²) < 4.78 is 0. The van der Waals surface area contributed by atoms with Crippen LogP contribution in [0, 0.1) is 0 Å². The molecule has 0 unspecified atom stereocenters. The van der Waals surface area contributed by atoms with Crippen molar-refractivity contribution in [3.05, 3.63) is 48.0 Å². The van der Waals surface area contributed by atoms with Gasteiger partial charge in [0, 0.05) is 25.2 Å². The molecule has 0 atom stereocenters. The van der Waals surface area contributed by atoms with Gasteiger partial charge >= 0.3 is 0 Å². The molecule has 0 radical (unpaired) electrons. The van der Waals surface area contributed by atoms with Crippen LogP contribution in [0.15, 0.2) is 42.5 Å². The number of anilines is 2. The van der Waals surface area contributed by atoms with E-state index in [-0.39, 0.29) is 11.5 Å². The molecule has 4 nitrogen and oxygen atoms in total. The van der Waals surface area contributed by atoms with Gasteiger partial charge in [-0.15, -0.1) is 0 Å². The minimum atomic E-state index is -0.0814. The van der Waals surface area contributed by atoms with Crippen molar-refractivity contribution in [1.29, 1.82) is 0 Å². The molecule has 1 saturated heterocycles. The first-order chi connectivity index (χ1) is 10.3. The highest BCUT2D eigenvalue weighted by atomic mass is 16.3. The summed E-state index contributed by atoms with van der Waals surface area (Å²) in [5, 5.41) is 22.8. The third-order valence-corrected chi connectivity index (χ3v) is 3.92. The van der Waals surface area contributed by atoms with Crippen molar-refractivity contribution in [3.8, 4) is 11.5 Å². The molecular formula is C17H20N2O2. The molecule has 2 aromatic rings. The number of phenols is 2. The number of hydrogen-bond donors (Lipinski definition) is 3. The fourth-order valence-electron chi connectivity index (χ4n) is 2.77. The van der Waals surface area contributed by atoms with E-state index in [0.717, 1.165) is 18.8 Å². The first kappa shape index (κ1) is 13.6. The summed E-state index contributed by atoms with van der Waals surface area (Å²) in [6.07, 6.45) is 2.48. The van der Waals surface area contributed by atoms with Crippen LogP contribution in [0.4, 0.5) is 11.4 Å². The highest BCUT2D eigenvalue weighted by Gasteiger charge is 2.15. The van der Waals surface area contributed by atoms with Crippen molar-refractivity contribution >= 4 is 11.4 Å². The number of rotatable bonds is 4.